The van der Waals surface area contributed by atoms with E-state index in [1.54, 1.807) is 0 Å². The van der Waals surface area contributed by atoms with Gasteiger partial charge in [0, 0.05) is 45.6 Å². The molecule has 3 aliphatic heterocycles. The van der Waals surface area contributed by atoms with Crippen LogP contribution in [0.5, 0.6) is 0 Å². The quantitative estimate of drug-likeness (QED) is 0.0183. The summed E-state index contributed by atoms with van der Waals surface area (Å²) in [7, 11) is 0. The van der Waals surface area contributed by atoms with Gasteiger partial charge >= 0.3 is 18.0 Å². The Hall–Kier alpha value is -5.28. The van der Waals surface area contributed by atoms with Crippen LogP contribution in [0, 0.1) is 9.81 Å². The fourth-order valence-corrected chi connectivity index (χ4v) is 5.89. The summed E-state index contributed by atoms with van der Waals surface area (Å²) < 4.78 is 4.88. The lowest BCUT2D eigenvalue weighted by molar-refractivity contribution is -0.146. The van der Waals surface area contributed by atoms with Crippen molar-refractivity contribution in [3.05, 3.63) is 9.81 Å². The van der Waals surface area contributed by atoms with Gasteiger partial charge in [-0.15, -0.1) is 0 Å². The number of rotatable bonds is 20. The van der Waals surface area contributed by atoms with Crippen LogP contribution in [0.25, 0.3) is 0 Å². The van der Waals surface area contributed by atoms with Gasteiger partial charge < -0.3 is 42.2 Å². The minimum absolute atomic E-state index is 0.00644. The number of hydrogen-bond donors (Lipinski definition) is 6. The number of piperazine rings is 1. The van der Waals surface area contributed by atoms with Crippen molar-refractivity contribution in [1.29, 1.82) is 0 Å². The molecule has 0 saturated carbocycles. The summed E-state index contributed by atoms with van der Waals surface area (Å²) in [5.74, 6) is -4.89. The number of nitrogens with zero attached hydrogens (tertiary/aromatic N) is 6. The molecule has 22 heteroatoms. The molecule has 3 heterocycles. The van der Waals surface area contributed by atoms with Crippen molar-refractivity contribution in [1.82, 2.24) is 30.7 Å². The van der Waals surface area contributed by atoms with E-state index >= 15 is 0 Å². The Labute approximate surface area is 286 Å². The zero-order valence-corrected chi connectivity index (χ0v) is 27.4. The molecule has 3 aliphatic rings. The van der Waals surface area contributed by atoms with Crippen molar-refractivity contribution in [2.75, 3.05) is 52.4 Å². The standard InChI is InChI=1S/C28H43N11O11/c29-27(30)31-7-1-3-16(22(42)35-18-6-14-50-26(18)46)34-23(43)20(15-21(40)41)37-10-12-38(13-11-37)25(45)19(5-9-33-49)39-24(44)17(36-28(39)47)4-2-8-32-48/h16-20H,1-15H2,(H,34,43)(H,35,42)(H,36,47)(H,40,41)(H4,29,30,31)/t16-,17+,18?,19+,20+/m1/s1. The van der Waals surface area contributed by atoms with Crippen LogP contribution in [-0.2, 0) is 33.5 Å². The van der Waals surface area contributed by atoms with Crippen molar-refractivity contribution < 1.29 is 43.4 Å². The molecule has 8 N–H and O–H groups in total. The van der Waals surface area contributed by atoms with Crippen molar-refractivity contribution >= 4 is 47.6 Å². The number of nitrogens with one attached hydrogen (secondary N) is 3. The number of esters is 1. The number of amides is 6. The number of aliphatic carboxylic acids is 1. The van der Waals surface area contributed by atoms with Gasteiger partial charge in [0.2, 0.25) is 17.7 Å². The molecular weight excluding hydrogens is 666 g/mol. The molecule has 50 heavy (non-hydrogen) atoms. The number of nitroso groups, excluding NO2 is 2. The van der Waals surface area contributed by atoms with Gasteiger partial charge in [-0.3, -0.25) is 33.9 Å². The number of urea groups is 1. The van der Waals surface area contributed by atoms with E-state index in [1.165, 1.54) is 9.80 Å². The number of nitrogens with two attached hydrogens (primary N) is 2. The lowest BCUT2D eigenvalue weighted by Crippen LogP contribution is -2.61. The van der Waals surface area contributed by atoms with Crippen LogP contribution >= 0.6 is 0 Å². The highest BCUT2D eigenvalue weighted by molar-refractivity contribution is 6.07. The van der Waals surface area contributed by atoms with Gasteiger partial charge in [-0.05, 0) is 25.7 Å². The number of carbonyl (C=O) groups excluding carboxylic acids is 6. The van der Waals surface area contributed by atoms with E-state index in [-0.39, 0.29) is 96.9 Å². The Kier molecular flexibility index (Phi) is 14.9. The van der Waals surface area contributed by atoms with Crippen molar-refractivity contribution in [2.45, 2.75) is 75.2 Å². The summed E-state index contributed by atoms with van der Waals surface area (Å²) in [4.78, 5) is 119. The van der Waals surface area contributed by atoms with Crippen molar-refractivity contribution in [3.8, 4) is 0 Å². The van der Waals surface area contributed by atoms with Gasteiger partial charge in [0.25, 0.3) is 5.91 Å². The maximum Gasteiger partial charge on any atom is 0.328 e. The molecule has 0 aromatic heterocycles. The number of ether oxygens (including phenoxy) is 1. The van der Waals surface area contributed by atoms with E-state index in [4.69, 9.17) is 16.2 Å². The Bertz CT molecular complexity index is 1330. The highest BCUT2D eigenvalue weighted by Crippen LogP contribution is 2.21. The van der Waals surface area contributed by atoms with E-state index in [0.29, 0.717) is 0 Å². The summed E-state index contributed by atoms with van der Waals surface area (Å²) in [6.07, 6.45) is 0.0173. The van der Waals surface area contributed by atoms with Gasteiger partial charge in [0.05, 0.1) is 32.2 Å². The molecule has 3 fully saturated rings. The molecule has 0 radical (unpaired) electrons. The van der Waals surface area contributed by atoms with E-state index in [2.05, 4.69) is 31.3 Å². The number of carboxylic acid groups (broad SMARTS) is 1. The highest BCUT2D eigenvalue weighted by atomic mass is 16.5. The second-order valence-corrected chi connectivity index (χ2v) is 11.9. The predicted octanol–water partition coefficient (Wildman–Crippen LogP) is -3.06. The van der Waals surface area contributed by atoms with Crippen molar-refractivity contribution in [3.63, 3.8) is 0 Å². The fourth-order valence-electron chi connectivity index (χ4n) is 5.89. The number of carbonyl (C=O) groups is 7. The summed E-state index contributed by atoms with van der Waals surface area (Å²) in [5.41, 5.74) is 10.7. The van der Waals surface area contributed by atoms with Gasteiger partial charge in [-0.2, -0.15) is 9.81 Å². The third kappa shape index (κ3) is 10.9. The molecule has 1 unspecified atom stereocenters. The smallest absolute Gasteiger partial charge is 0.328 e. The molecule has 276 valence electrons. The third-order valence-electron chi connectivity index (χ3n) is 8.45. The first-order chi connectivity index (χ1) is 23.9. The molecular formula is C28H43N11O11. The summed E-state index contributed by atoms with van der Waals surface area (Å²) >= 11 is 0. The second-order valence-electron chi connectivity index (χ2n) is 11.9. The van der Waals surface area contributed by atoms with Gasteiger partial charge in [0.1, 0.15) is 24.2 Å². The highest BCUT2D eigenvalue weighted by Gasteiger charge is 2.46. The average molecular weight is 710 g/mol. The van der Waals surface area contributed by atoms with Crippen LogP contribution in [0.2, 0.25) is 0 Å². The Morgan fingerprint density at radius 1 is 0.940 bits per heavy atom. The molecule has 0 aromatic carbocycles. The SMILES string of the molecule is NC(N)=NCCC[C@@H](NC(=O)[C@H](CC(=O)O)N1CCN(C(=O)[C@H](CCN=O)N2C(=O)N[C@@H](CCCN=O)C2=O)CC1)C(=O)NC1CCOC1=O. The van der Waals surface area contributed by atoms with Crippen LogP contribution in [0.4, 0.5) is 4.79 Å². The maximum atomic E-state index is 13.6. The van der Waals surface area contributed by atoms with E-state index in [0.717, 1.165) is 4.90 Å². The molecule has 0 aromatic rings. The van der Waals surface area contributed by atoms with Crippen LogP contribution in [0.3, 0.4) is 0 Å². The largest absolute Gasteiger partial charge is 0.481 e. The normalized spacial score (nSPS) is 21.0. The molecule has 3 saturated heterocycles. The predicted molar refractivity (Wildman–Crippen MR) is 172 cm³/mol. The Morgan fingerprint density at radius 2 is 1.64 bits per heavy atom. The van der Waals surface area contributed by atoms with E-state index in [1.807, 2.05) is 0 Å². The first kappa shape index (κ1) is 39.2. The topological polar surface area (TPSA) is 318 Å². The lowest BCUT2D eigenvalue weighted by atomic mass is 10.1. The molecule has 6 amide bonds. The lowest BCUT2D eigenvalue weighted by Gasteiger charge is -2.40. The van der Waals surface area contributed by atoms with E-state index in [9.17, 15) is 48.5 Å². The van der Waals surface area contributed by atoms with Gasteiger partial charge in [-0.1, -0.05) is 10.4 Å². The molecule has 3 rings (SSSR count). The van der Waals surface area contributed by atoms with Gasteiger partial charge in [0.15, 0.2) is 5.96 Å². The number of carboxylic acids is 1. The minimum atomic E-state index is -1.35. The Balaban J connectivity index is 1.70. The fraction of sp³-hybridized carbons (Fsp3) is 0.714. The number of guanidine groups is 1. The molecule has 0 bridgehead atoms. The van der Waals surface area contributed by atoms with Crippen molar-refractivity contribution in [2.24, 2.45) is 26.8 Å². The van der Waals surface area contributed by atoms with E-state index < -0.39 is 78.2 Å². The van der Waals surface area contributed by atoms with Crippen LogP contribution in [-0.4, -0.2) is 150 Å². The zero-order chi connectivity index (χ0) is 36.8. The van der Waals surface area contributed by atoms with Crippen LogP contribution in [0.15, 0.2) is 15.3 Å². The maximum absolute atomic E-state index is 13.6. The van der Waals surface area contributed by atoms with Crippen LogP contribution in [0.1, 0.15) is 44.9 Å². The molecule has 0 aliphatic carbocycles. The Morgan fingerprint density at radius 3 is 2.24 bits per heavy atom. The summed E-state index contributed by atoms with van der Waals surface area (Å²) in [5, 5.41) is 22.8. The van der Waals surface area contributed by atoms with Gasteiger partial charge in [-0.25, -0.2) is 14.5 Å². The number of cyclic esters (lactones) is 1. The average Bonchev–Trinajstić information content (AvgIpc) is 3.61. The number of hydrogen-bond acceptors (Lipinski definition) is 14. The third-order valence-corrected chi connectivity index (χ3v) is 8.45. The first-order valence-corrected chi connectivity index (χ1v) is 16.2. The minimum Gasteiger partial charge on any atom is -0.481 e. The monoisotopic (exact) mass is 709 g/mol. The number of imide groups is 1. The number of aliphatic imine (C=N–C) groups is 1. The molecule has 22 nitrogen and oxygen atoms in total. The zero-order valence-electron chi connectivity index (χ0n) is 27.4. The second kappa shape index (κ2) is 19.0. The summed E-state index contributed by atoms with van der Waals surface area (Å²) in [6, 6.07) is -6.51. The molecule has 0 spiro atoms. The first-order valence-electron chi connectivity index (χ1n) is 16.2. The summed E-state index contributed by atoms with van der Waals surface area (Å²) in [6.45, 7) is -0.219. The van der Waals surface area contributed by atoms with Crippen LogP contribution < -0.4 is 27.4 Å². The molecule has 5 atom stereocenters.